The molecule has 0 saturated carbocycles. The van der Waals surface area contributed by atoms with Gasteiger partial charge in [-0.2, -0.15) is 0 Å². The van der Waals surface area contributed by atoms with Gasteiger partial charge in [-0.05, 0) is 89.0 Å². The summed E-state index contributed by atoms with van der Waals surface area (Å²) in [5.41, 5.74) is 14.3. The van der Waals surface area contributed by atoms with Crippen LogP contribution in [-0.4, -0.2) is 4.57 Å². The molecule has 10 rings (SSSR count). The number of hydrogen-bond acceptors (Lipinski definition) is 2. The van der Waals surface area contributed by atoms with Gasteiger partial charge in [-0.1, -0.05) is 134 Å². The van der Waals surface area contributed by atoms with E-state index >= 15 is 0 Å². The largest absolute Gasteiger partial charge is 0.455 e. The fourth-order valence-electron chi connectivity index (χ4n) is 7.78. The van der Waals surface area contributed by atoms with Gasteiger partial charge in [0.2, 0.25) is 0 Å². The number of benzene rings is 8. The number of nitrogens with zero attached hydrogens (tertiary/aromatic N) is 2. The van der Waals surface area contributed by atoms with Crippen LogP contribution >= 0.6 is 0 Å². The van der Waals surface area contributed by atoms with Crippen molar-refractivity contribution in [3.05, 3.63) is 200 Å². The molecule has 0 unspecified atom stereocenters. The van der Waals surface area contributed by atoms with Crippen LogP contribution in [0.5, 0.6) is 0 Å². The first kappa shape index (κ1) is 30.7. The Bertz CT molecular complexity index is 2930. The zero-order valence-electron chi connectivity index (χ0n) is 29.0. The molecule has 0 aliphatic rings. The van der Waals surface area contributed by atoms with Crippen molar-refractivity contribution in [2.24, 2.45) is 0 Å². The van der Waals surface area contributed by atoms with Crippen molar-refractivity contribution in [3.63, 3.8) is 0 Å². The van der Waals surface area contributed by atoms with E-state index in [1.54, 1.807) is 0 Å². The van der Waals surface area contributed by atoms with Gasteiger partial charge in [-0.25, -0.2) is 0 Å². The molecule has 0 atom stereocenters. The zero-order valence-corrected chi connectivity index (χ0v) is 29.0. The second kappa shape index (κ2) is 12.6. The lowest BCUT2D eigenvalue weighted by Gasteiger charge is -2.26. The van der Waals surface area contributed by atoms with Crippen LogP contribution in [0.4, 0.5) is 17.1 Å². The van der Waals surface area contributed by atoms with Crippen LogP contribution in [0.15, 0.2) is 199 Å². The van der Waals surface area contributed by atoms with Gasteiger partial charge < -0.3 is 13.9 Å². The molecule has 3 heteroatoms. The minimum atomic E-state index is 0.911. The quantitative estimate of drug-likeness (QED) is 0.167. The topological polar surface area (TPSA) is 21.3 Å². The predicted molar refractivity (Wildman–Crippen MR) is 224 cm³/mol. The van der Waals surface area contributed by atoms with Gasteiger partial charge in [-0.3, -0.25) is 0 Å². The van der Waals surface area contributed by atoms with E-state index in [0.717, 1.165) is 66.9 Å². The SMILES string of the molecule is C=Cc1ccc(-c2ccc(N(c3ccccc3)c3ccc4c(c3)c3ccccc3n4-c3ccc(-c4cccc5c4oc4ccccc45)cc3)cc2)cc1. The van der Waals surface area contributed by atoms with Crippen LogP contribution in [0.1, 0.15) is 5.56 Å². The van der Waals surface area contributed by atoms with E-state index in [1.165, 1.54) is 27.4 Å². The monoisotopic (exact) mass is 678 g/mol. The smallest absolute Gasteiger partial charge is 0.143 e. The summed E-state index contributed by atoms with van der Waals surface area (Å²) in [6.07, 6.45) is 1.88. The van der Waals surface area contributed by atoms with E-state index in [1.807, 2.05) is 18.2 Å². The molecule has 250 valence electrons. The Morgan fingerprint density at radius 3 is 1.83 bits per heavy atom. The molecule has 0 fully saturated rings. The van der Waals surface area contributed by atoms with Crippen LogP contribution in [0.2, 0.25) is 0 Å². The summed E-state index contributed by atoms with van der Waals surface area (Å²) in [5.74, 6) is 0. The Morgan fingerprint density at radius 1 is 0.453 bits per heavy atom. The fourth-order valence-corrected chi connectivity index (χ4v) is 7.78. The van der Waals surface area contributed by atoms with Crippen LogP contribution < -0.4 is 4.90 Å². The molecular weight excluding hydrogens is 645 g/mol. The molecule has 10 aromatic rings. The molecular formula is C50H34N2O. The summed E-state index contributed by atoms with van der Waals surface area (Å²) in [4.78, 5) is 2.34. The van der Waals surface area contributed by atoms with E-state index in [9.17, 15) is 0 Å². The first-order valence-corrected chi connectivity index (χ1v) is 18.0. The molecule has 3 nitrogen and oxygen atoms in total. The zero-order chi connectivity index (χ0) is 35.3. The Hall–Kier alpha value is -7.10. The van der Waals surface area contributed by atoms with Crippen LogP contribution in [0.3, 0.4) is 0 Å². The molecule has 0 N–H and O–H groups in total. The maximum atomic E-state index is 6.37. The van der Waals surface area contributed by atoms with Gasteiger partial charge in [0.05, 0.1) is 11.0 Å². The summed E-state index contributed by atoms with van der Waals surface area (Å²) in [6.45, 7) is 3.89. The summed E-state index contributed by atoms with van der Waals surface area (Å²) >= 11 is 0. The first-order chi connectivity index (χ1) is 26.2. The maximum absolute atomic E-state index is 6.37. The van der Waals surface area contributed by atoms with E-state index < -0.39 is 0 Å². The molecule has 8 aromatic carbocycles. The Kier molecular flexibility index (Phi) is 7.29. The molecule has 2 heterocycles. The molecule has 0 aliphatic carbocycles. The van der Waals surface area contributed by atoms with Gasteiger partial charge in [0.1, 0.15) is 11.2 Å². The van der Waals surface area contributed by atoms with E-state index in [4.69, 9.17) is 4.42 Å². The standard InChI is InChI=1S/C50H34N2O/c1-2-34-19-21-35(22-20-34)36-23-27-39(28-24-36)51(38-11-4-3-5-12-38)41-31-32-48-46(33-41)43-13-6-8-17-47(43)52(48)40-29-25-37(26-30-40)42-15-10-16-45-44-14-7-9-18-49(44)53-50(42)45/h2-33H,1H2. The van der Waals surface area contributed by atoms with E-state index in [0.29, 0.717) is 0 Å². The maximum Gasteiger partial charge on any atom is 0.143 e. The van der Waals surface area contributed by atoms with Crippen LogP contribution in [-0.2, 0) is 0 Å². The van der Waals surface area contributed by atoms with Crippen molar-refractivity contribution in [2.45, 2.75) is 0 Å². The third-order valence-electron chi connectivity index (χ3n) is 10.4. The third kappa shape index (κ3) is 5.21. The summed E-state index contributed by atoms with van der Waals surface area (Å²) in [6, 6.07) is 67.0. The second-order valence-electron chi connectivity index (χ2n) is 13.4. The fraction of sp³-hybridized carbons (Fsp3) is 0. The van der Waals surface area contributed by atoms with Gasteiger partial charge in [0.25, 0.3) is 0 Å². The molecule has 0 radical (unpaired) electrons. The molecule has 0 spiro atoms. The molecule has 0 saturated heterocycles. The van der Waals surface area contributed by atoms with Crippen LogP contribution in [0, 0.1) is 0 Å². The van der Waals surface area contributed by atoms with Crippen molar-refractivity contribution in [3.8, 4) is 27.9 Å². The minimum absolute atomic E-state index is 0.911. The summed E-state index contributed by atoms with van der Waals surface area (Å²) in [7, 11) is 0. The van der Waals surface area contributed by atoms with Gasteiger partial charge >= 0.3 is 0 Å². The molecule has 0 bridgehead atoms. The lowest BCUT2D eigenvalue weighted by Crippen LogP contribution is -2.09. The van der Waals surface area contributed by atoms with Gasteiger partial charge in [0.15, 0.2) is 0 Å². The lowest BCUT2D eigenvalue weighted by atomic mass is 10.0. The average Bonchev–Trinajstić information content (AvgIpc) is 3.78. The highest BCUT2D eigenvalue weighted by molar-refractivity contribution is 6.11. The number of hydrogen-bond donors (Lipinski definition) is 0. The predicted octanol–water partition coefficient (Wildman–Crippen LogP) is 14.1. The van der Waals surface area contributed by atoms with Crippen molar-refractivity contribution in [1.29, 1.82) is 0 Å². The number of para-hydroxylation sites is 4. The number of aromatic nitrogens is 1. The highest BCUT2D eigenvalue weighted by Gasteiger charge is 2.18. The first-order valence-electron chi connectivity index (χ1n) is 18.0. The number of furan rings is 1. The molecule has 53 heavy (non-hydrogen) atoms. The van der Waals surface area contributed by atoms with Gasteiger partial charge in [0, 0.05) is 49.9 Å². The Labute approximate surface area is 307 Å². The number of anilines is 3. The Balaban J connectivity index is 1.06. The summed E-state index contributed by atoms with van der Waals surface area (Å²) < 4.78 is 8.75. The Morgan fingerprint density at radius 2 is 1.06 bits per heavy atom. The van der Waals surface area contributed by atoms with E-state index in [-0.39, 0.29) is 0 Å². The van der Waals surface area contributed by atoms with Crippen molar-refractivity contribution >= 4 is 66.9 Å². The molecule has 2 aromatic heterocycles. The third-order valence-corrected chi connectivity index (χ3v) is 10.4. The molecule has 0 aliphatic heterocycles. The lowest BCUT2D eigenvalue weighted by molar-refractivity contribution is 0.670. The van der Waals surface area contributed by atoms with E-state index in [2.05, 4.69) is 192 Å². The second-order valence-corrected chi connectivity index (χ2v) is 13.4. The van der Waals surface area contributed by atoms with Crippen LogP contribution in [0.25, 0.3) is 77.8 Å². The molecule has 0 amide bonds. The number of rotatable bonds is 7. The summed E-state index contributed by atoms with van der Waals surface area (Å²) in [5, 5.41) is 4.70. The average molecular weight is 679 g/mol. The van der Waals surface area contributed by atoms with Crippen molar-refractivity contribution in [2.75, 3.05) is 4.90 Å². The van der Waals surface area contributed by atoms with Crippen molar-refractivity contribution in [1.82, 2.24) is 4.57 Å². The highest BCUT2D eigenvalue weighted by Crippen LogP contribution is 2.41. The number of fused-ring (bicyclic) bond motifs is 6. The highest BCUT2D eigenvalue weighted by atomic mass is 16.3. The van der Waals surface area contributed by atoms with Gasteiger partial charge in [-0.15, -0.1) is 0 Å². The minimum Gasteiger partial charge on any atom is -0.455 e. The normalized spacial score (nSPS) is 11.5. The van der Waals surface area contributed by atoms with Crippen molar-refractivity contribution < 1.29 is 4.42 Å².